The Morgan fingerprint density at radius 2 is 1.26 bits per heavy atom. The van der Waals surface area contributed by atoms with Gasteiger partial charge in [0.05, 0.1) is 0 Å². The number of alkyl carbamates (subject to hydrolysis) is 1. The average molecular weight is 719 g/mol. The molecule has 0 saturated carbocycles. The quantitative estimate of drug-likeness (QED) is 0.138. The molecule has 0 radical (unpaired) electrons. The maximum Gasteiger partial charge on any atom is 0.408 e. The summed E-state index contributed by atoms with van der Waals surface area (Å²) in [6, 6.07) is 31.5. The van der Waals surface area contributed by atoms with Crippen molar-refractivity contribution in [3.63, 3.8) is 0 Å². The van der Waals surface area contributed by atoms with E-state index in [1.54, 1.807) is 41.9 Å². The van der Waals surface area contributed by atoms with Crippen molar-refractivity contribution in [2.24, 2.45) is 0 Å². The normalized spacial score (nSPS) is 13.1. The number of hydrogen-bond donors (Lipinski definition) is 2. The van der Waals surface area contributed by atoms with E-state index in [2.05, 4.69) is 10.6 Å². The lowest BCUT2D eigenvalue weighted by atomic mass is 9.94. The number of nitrogens with zero attached hydrogens (tertiary/aromatic N) is 2. The van der Waals surface area contributed by atoms with Crippen LogP contribution in [0.3, 0.4) is 0 Å². The molecule has 2 unspecified atom stereocenters. The van der Waals surface area contributed by atoms with Crippen LogP contribution in [0.2, 0.25) is 0 Å². The zero-order valence-corrected chi connectivity index (χ0v) is 32.3. The number of amides is 4. The average Bonchev–Trinajstić information content (AvgIpc) is 3.12. The summed E-state index contributed by atoms with van der Waals surface area (Å²) in [4.78, 5) is 58.4. The number of nitrogens with one attached hydrogen (secondary N) is 2. The highest BCUT2D eigenvalue weighted by Crippen LogP contribution is 2.23. The molecule has 0 saturated heterocycles. The summed E-state index contributed by atoms with van der Waals surface area (Å²) >= 11 is 0. The minimum atomic E-state index is -0.941. The Kier molecular flexibility index (Phi) is 13.6. The molecule has 0 aromatic heterocycles. The number of fused-ring (bicyclic) bond motifs is 1. The van der Waals surface area contributed by atoms with Gasteiger partial charge in [-0.15, -0.1) is 0 Å². The van der Waals surface area contributed by atoms with Gasteiger partial charge in [-0.05, 0) is 68.5 Å². The standard InChI is InChI=1S/C44H54N4O5/c1-43(2,3)53-42(52)46-44(4,5)26-25-36(27-31-17-11-9-12-18-31)40(50)48(8)38(30-33-23-24-34-21-15-16-22-35(34)28-33)41(51)47(7)37(39(49)45-6)29-32-19-13-10-14-20-32/h9-25,28,37-38H,26-27,29-30H2,1-8H3,(H,45,49)(H,46,52)/b36-25+. The third-order valence-electron chi connectivity index (χ3n) is 9.16. The second-order valence-electron chi connectivity index (χ2n) is 15.2. The molecule has 0 heterocycles. The lowest BCUT2D eigenvalue weighted by molar-refractivity contribution is -0.146. The van der Waals surface area contributed by atoms with E-state index in [0.717, 1.165) is 27.5 Å². The van der Waals surface area contributed by atoms with Gasteiger partial charge in [0, 0.05) is 51.5 Å². The molecule has 2 N–H and O–H groups in total. The Hall–Kier alpha value is -5.44. The zero-order chi connectivity index (χ0) is 38.8. The van der Waals surface area contributed by atoms with Crippen LogP contribution < -0.4 is 10.6 Å². The minimum absolute atomic E-state index is 0.229. The first-order valence-electron chi connectivity index (χ1n) is 18.1. The third kappa shape index (κ3) is 11.8. The highest BCUT2D eigenvalue weighted by Gasteiger charge is 2.36. The van der Waals surface area contributed by atoms with Gasteiger partial charge in [-0.2, -0.15) is 0 Å². The first kappa shape index (κ1) is 40.3. The monoisotopic (exact) mass is 718 g/mol. The number of rotatable bonds is 14. The lowest BCUT2D eigenvalue weighted by Gasteiger charge is -2.35. The van der Waals surface area contributed by atoms with Crippen LogP contribution in [0.25, 0.3) is 10.8 Å². The molecule has 0 spiro atoms. The molecule has 0 bridgehead atoms. The first-order chi connectivity index (χ1) is 25.1. The van der Waals surface area contributed by atoms with Crippen molar-refractivity contribution < 1.29 is 23.9 Å². The van der Waals surface area contributed by atoms with Crippen molar-refractivity contribution in [2.75, 3.05) is 21.1 Å². The smallest absolute Gasteiger partial charge is 0.408 e. The van der Waals surface area contributed by atoms with E-state index in [1.807, 2.05) is 123 Å². The van der Waals surface area contributed by atoms with Crippen LogP contribution >= 0.6 is 0 Å². The summed E-state index contributed by atoms with van der Waals surface area (Å²) in [5, 5.41) is 7.74. The number of likely N-dealkylation sites (N-methyl/N-ethyl adjacent to an activating group) is 3. The molecule has 4 amide bonds. The van der Waals surface area contributed by atoms with Gasteiger partial charge in [-0.3, -0.25) is 14.4 Å². The molecule has 4 aromatic carbocycles. The zero-order valence-electron chi connectivity index (χ0n) is 32.3. The van der Waals surface area contributed by atoms with E-state index in [9.17, 15) is 19.2 Å². The molecule has 4 aromatic rings. The predicted octanol–water partition coefficient (Wildman–Crippen LogP) is 6.89. The van der Waals surface area contributed by atoms with E-state index in [1.165, 1.54) is 9.80 Å². The van der Waals surface area contributed by atoms with Gasteiger partial charge < -0.3 is 25.2 Å². The Bertz CT molecular complexity index is 1900. The molecule has 0 aliphatic rings. The summed E-state index contributed by atoms with van der Waals surface area (Å²) in [5.74, 6) is -0.981. The second-order valence-corrected chi connectivity index (χ2v) is 15.2. The van der Waals surface area contributed by atoms with Crippen LogP contribution in [-0.2, 0) is 38.4 Å². The van der Waals surface area contributed by atoms with Crippen molar-refractivity contribution in [2.45, 2.75) is 83.5 Å². The van der Waals surface area contributed by atoms with Gasteiger partial charge in [-0.25, -0.2) is 4.79 Å². The van der Waals surface area contributed by atoms with Crippen molar-refractivity contribution >= 4 is 34.6 Å². The number of carbonyl (C=O) groups is 4. The molecule has 0 fully saturated rings. The number of benzene rings is 4. The van der Waals surface area contributed by atoms with E-state index in [-0.39, 0.29) is 24.1 Å². The van der Waals surface area contributed by atoms with Crippen molar-refractivity contribution in [1.82, 2.24) is 20.4 Å². The van der Waals surface area contributed by atoms with Gasteiger partial charge in [-0.1, -0.05) is 109 Å². The lowest BCUT2D eigenvalue weighted by Crippen LogP contribution is -2.56. The predicted molar refractivity (Wildman–Crippen MR) is 211 cm³/mol. The molecule has 0 aliphatic heterocycles. The highest BCUT2D eigenvalue weighted by molar-refractivity contribution is 5.98. The number of ether oxygens (including phenoxy) is 1. The summed E-state index contributed by atoms with van der Waals surface area (Å²) in [6.07, 6.45) is 2.47. The Labute approximate surface area is 314 Å². The van der Waals surface area contributed by atoms with Crippen LogP contribution in [0.4, 0.5) is 4.79 Å². The first-order valence-corrected chi connectivity index (χ1v) is 18.1. The Balaban J connectivity index is 1.72. The van der Waals surface area contributed by atoms with E-state index in [0.29, 0.717) is 24.8 Å². The van der Waals surface area contributed by atoms with Gasteiger partial charge >= 0.3 is 6.09 Å². The molecule has 0 aliphatic carbocycles. The maximum absolute atomic E-state index is 14.7. The topological polar surface area (TPSA) is 108 Å². The van der Waals surface area contributed by atoms with Gasteiger partial charge in [0.25, 0.3) is 0 Å². The van der Waals surface area contributed by atoms with Gasteiger partial charge in [0.1, 0.15) is 17.7 Å². The molecule has 53 heavy (non-hydrogen) atoms. The fraction of sp³-hybridized carbons (Fsp3) is 0.364. The Morgan fingerprint density at radius 1 is 0.698 bits per heavy atom. The van der Waals surface area contributed by atoms with E-state index >= 15 is 0 Å². The molecular weight excluding hydrogens is 665 g/mol. The fourth-order valence-corrected chi connectivity index (χ4v) is 6.21. The number of hydrogen-bond acceptors (Lipinski definition) is 5. The minimum Gasteiger partial charge on any atom is -0.444 e. The van der Waals surface area contributed by atoms with Crippen LogP contribution in [-0.4, -0.2) is 78.0 Å². The third-order valence-corrected chi connectivity index (χ3v) is 9.16. The van der Waals surface area contributed by atoms with Crippen LogP contribution in [0.1, 0.15) is 57.7 Å². The molecular formula is C44H54N4O5. The van der Waals surface area contributed by atoms with Crippen LogP contribution in [0.15, 0.2) is 115 Å². The summed E-state index contributed by atoms with van der Waals surface area (Å²) < 4.78 is 5.49. The van der Waals surface area contributed by atoms with Crippen molar-refractivity contribution in [1.29, 1.82) is 0 Å². The van der Waals surface area contributed by atoms with E-state index < -0.39 is 29.3 Å². The molecule has 9 heteroatoms. The molecule has 2 atom stereocenters. The van der Waals surface area contributed by atoms with E-state index in [4.69, 9.17) is 4.74 Å². The molecule has 280 valence electrons. The number of carbonyl (C=O) groups excluding carboxylic acids is 4. The van der Waals surface area contributed by atoms with Crippen molar-refractivity contribution in [3.05, 3.63) is 131 Å². The van der Waals surface area contributed by atoms with Gasteiger partial charge in [0.15, 0.2) is 0 Å². The van der Waals surface area contributed by atoms with Gasteiger partial charge in [0.2, 0.25) is 17.7 Å². The SMILES string of the molecule is CNC(=O)C(Cc1ccccc1)N(C)C(=O)C(Cc1ccc2ccccc2c1)N(C)C(=O)/C(=C/CC(C)(C)NC(=O)OC(C)(C)C)Cc1ccccc1. The fourth-order valence-electron chi connectivity index (χ4n) is 6.21. The van der Waals surface area contributed by atoms with Crippen molar-refractivity contribution in [3.8, 4) is 0 Å². The summed E-state index contributed by atoms with van der Waals surface area (Å²) in [5.41, 5.74) is 1.78. The second kappa shape index (κ2) is 17.9. The Morgan fingerprint density at radius 3 is 1.87 bits per heavy atom. The van der Waals surface area contributed by atoms with Crippen LogP contribution in [0.5, 0.6) is 0 Å². The summed E-state index contributed by atoms with van der Waals surface area (Å²) in [6.45, 7) is 9.15. The highest BCUT2D eigenvalue weighted by atomic mass is 16.6. The molecule has 4 rings (SSSR count). The largest absolute Gasteiger partial charge is 0.444 e. The summed E-state index contributed by atoms with van der Waals surface area (Å²) in [7, 11) is 4.83. The maximum atomic E-state index is 14.7. The van der Waals surface area contributed by atoms with Crippen LogP contribution in [0, 0.1) is 0 Å². The molecule has 9 nitrogen and oxygen atoms in total.